The molecule has 0 saturated carbocycles. The van der Waals surface area contributed by atoms with Gasteiger partial charge in [-0.1, -0.05) is 11.6 Å². The molecule has 0 aromatic heterocycles. The number of carbonyl (C=O) groups excluding carboxylic acids is 1. The van der Waals surface area contributed by atoms with E-state index in [0.29, 0.717) is 0 Å². The number of ketones is 1. The molecular weight excluding hydrogens is 211 g/mol. The summed E-state index contributed by atoms with van der Waals surface area (Å²) in [6.45, 7) is 1.25. The van der Waals surface area contributed by atoms with E-state index in [1.54, 1.807) is 0 Å². The van der Waals surface area contributed by atoms with Crippen molar-refractivity contribution in [1.29, 1.82) is 0 Å². The SMILES string of the molecule is CC(O)C(=O)c1ccc(O)c(F)c1Cl. The number of benzene rings is 1. The highest BCUT2D eigenvalue weighted by Gasteiger charge is 2.19. The molecule has 5 heteroatoms. The average molecular weight is 219 g/mol. The van der Waals surface area contributed by atoms with Crippen molar-refractivity contribution in [3.05, 3.63) is 28.5 Å². The van der Waals surface area contributed by atoms with Crippen LogP contribution >= 0.6 is 11.6 Å². The zero-order valence-electron chi connectivity index (χ0n) is 7.29. The van der Waals surface area contributed by atoms with Crippen molar-refractivity contribution in [2.45, 2.75) is 13.0 Å². The van der Waals surface area contributed by atoms with Crippen molar-refractivity contribution in [1.82, 2.24) is 0 Å². The number of halogens is 2. The molecule has 1 aromatic carbocycles. The van der Waals surface area contributed by atoms with Gasteiger partial charge in [-0.15, -0.1) is 0 Å². The fraction of sp³-hybridized carbons (Fsp3) is 0.222. The van der Waals surface area contributed by atoms with Crippen molar-refractivity contribution in [2.75, 3.05) is 0 Å². The molecule has 0 aliphatic carbocycles. The zero-order valence-corrected chi connectivity index (χ0v) is 8.05. The summed E-state index contributed by atoms with van der Waals surface area (Å²) in [5, 5.41) is 17.4. The first-order valence-electron chi connectivity index (χ1n) is 3.84. The van der Waals surface area contributed by atoms with Gasteiger partial charge in [0.2, 0.25) is 0 Å². The smallest absolute Gasteiger partial charge is 0.192 e. The molecule has 0 radical (unpaired) electrons. The standard InChI is InChI=1S/C9H8ClFO3/c1-4(12)9(14)5-2-3-6(13)8(11)7(5)10/h2-4,12-13H,1H3. The van der Waals surface area contributed by atoms with Crippen molar-refractivity contribution in [2.24, 2.45) is 0 Å². The number of hydrogen-bond donors (Lipinski definition) is 2. The predicted molar refractivity (Wildman–Crippen MR) is 49.1 cm³/mol. The average Bonchev–Trinajstić information content (AvgIpc) is 2.13. The summed E-state index contributed by atoms with van der Waals surface area (Å²) < 4.78 is 13.0. The van der Waals surface area contributed by atoms with E-state index in [4.69, 9.17) is 21.8 Å². The van der Waals surface area contributed by atoms with Gasteiger partial charge >= 0.3 is 0 Å². The second kappa shape index (κ2) is 3.94. The van der Waals surface area contributed by atoms with Crippen molar-refractivity contribution < 1.29 is 19.4 Å². The Kier molecular flexibility index (Phi) is 3.08. The maximum atomic E-state index is 13.0. The van der Waals surface area contributed by atoms with E-state index < -0.39 is 28.5 Å². The summed E-state index contributed by atoms with van der Waals surface area (Å²) in [6, 6.07) is 2.17. The fourth-order valence-corrected chi connectivity index (χ4v) is 1.21. The van der Waals surface area contributed by atoms with Gasteiger partial charge in [0.25, 0.3) is 0 Å². The molecule has 0 bridgehead atoms. The molecule has 0 spiro atoms. The highest BCUT2D eigenvalue weighted by atomic mass is 35.5. The third-order valence-corrected chi connectivity index (χ3v) is 2.08. The molecule has 0 aliphatic heterocycles. The summed E-state index contributed by atoms with van der Waals surface area (Å²) in [5.41, 5.74) is -0.142. The maximum absolute atomic E-state index is 13.0. The number of aliphatic hydroxyl groups is 1. The lowest BCUT2D eigenvalue weighted by Crippen LogP contribution is -2.16. The number of phenols is 1. The molecule has 1 rings (SSSR count). The minimum atomic E-state index is -1.25. The van der Waals surface area contributed by atoms with Gasteiger partial charge in [0.05, 0.1) is 5.02 Å². The van der Waals surface area contributed by atoms with E-state index in [-0.39, 0.29) is 5.56 Å². The van der Waals surface area contributed by atoms with Crippen LogP contribution < -0.4 is 0 Å². The highest BCUT2D eigenvalue weighted by molar-refractivity contribution is 6.34. The summed E-state index contributed by atoms with van der Waals surface area (Å²) in [5.74, 6) is -2.37. The number of rotatable bonds is 2. The van der Waals surface area contributed by atoms with Crippen LogP contribution in [0, 0.1) is 5.82 Å². The van der Waals surface area contributed by atoms with Crippen LogP contribution in [0.2, 0.25) is 5.02 Å². The van der Waals surface area contributed by atoms with Crippen molar-refractivity contribution >= 4 is 17.4 Å². The summed E-state index contributed by atoms with van der Waals surface area (Å²) >= 11 is 5.47. The van der Waals surface area contributed by atoms with Crippen LogP contribution in [-0.2, 0) is 0 Å². The van der Waals surface area contributed by atoms with Gasteiger partial charge in [0.1, 0.15) is 6.10 Å². The van der Waals surface area contributed by atoms with Crippen LogP contribution in [0.15, 0.2) is 12.1 Å². The molecule has 2 N–H and O–H groups in total. The van der Waals surface area contributed by atoms with E-state index in [0.717, 1.165) is 12.1 Å². The lowest BCUT2D eigenvalue weighted by Gasteiger charge is -2.06. The first-order chi connectivity index (χ1) is 6.45. The topological polar surface area (TPSA) is 57.5 Å². The molecular formula is C9H8ClFO3. The van der Waals surface area contributed by atoms with Gasteiger partial charge < -0.3 is 10.2 Å². The molecule has 1 atom stereocenters. The van der Waals surface area contributed by atoms with Crippen molar-refractivity contribution in [3.63, 3.8) is 0 Å². The molecule has 3 nitrogen and oxygen atoms in total. The Balaban J connectivity index is 3.24. The molecule has 1 unspecified atom stereocenters. The second-order valence-corrected chi connectivity index (χ2v) is 3.18. The number of carbonyl (C=O) groups is 1. The van der Waals surface area contributed by atoms with Gasteiger partial charge in [0.15, 0.2) is 17.3 Å². The second-order valence-electron chi connectivity index (χ2n) is 2.80. The number of aliphatic hydroxyl groups excluding tert-OH is 1. The largest absolute Gasteiger partial charge is 0.505 e. The molecule has 76 valence electrons. The first kappa shape index (κ1) is 10.9. The maximum Gasteiger partial charge on any atom is 0.192 e. The van der Waals surface area contributed by atoms with Gasteiger partial charge in [-0.25, -0.2) is 4.39 Å². The van der Waals surface area contributed by atoms with Crippen LogP contribution in [0.4, 0.5) is 4.39 Å². The van der Waals surface area contributed by atoms with E-state index in [2.05, 4.69) is 0 Å². The quantitative estimate of drug-likeness (QED) is 0.744. The lowest BCUT2D eigenvalue weighted by atomic mass is 10.1. The number of hydrogen-bond acceptors (Lipinski definition) is 3. The van der Waals surface area contributed by atoms with Crippen LogP contribution in [-0.4, -0.2) is 22.1 Å². The normalized spacial score (nSPS) is 12.6. The summed E-state index contributed by atoms with van der Waals surface area (Å²) in [7, 11) is 0. The van der Waals surface area contributed by atoms with E-state index in [1.165, 1.54) is 6.92 Å². The number of aromatic hydroxyl groups is 1. The van der Waals surface area contributed by atoms with Crippen LogP contribution in [0.1, 0.15) is 17.3 Å². The third-order valence-electron chi connectivity index (χ3n) is 1.71. The van der Waals surface area contributed by atoms with Gasteiger partial charge in [-0.2, -0.15) is 0 Å². The Morgan fingerprint density at radius 2 is 2.14 bits per heavy atom. The molecule has 14 heavy (non-hydrogen) atoms. The van der Waals surface area contributed by atoms with Crippen LogP contribution in [0.5, 0.6) is 5.75 Å². The predicted octanol–water partition coefficient (Wildman–Crippen LogP) is 1.75. The summed E-state index contributed by atoms with van der Waals surface area (Å²) in [6.07, 6.45) is -1.25. The minimum absolute atomic E-state index is 0.142. The molecule has 0 saturated heterocycles. The van der Waals surface area contributed by atoms with Crippen LogP contribution in [0.25, 0.3) is 0 Å². The third kappa shape index (κ3) is 1.86. The van der Waals surface area contributed by atoms with E-state index >= 15 is 0 Å². The van der Waals surface area contributed by atoms with Gasteiger partial charge in [-0.05, 0) is 19.1 Å². The monoisotopic (exact) mass is 218 g/mol. The highest BCUT2D eigenvalue weighted by Crippen LogP contribution is 2.27. The molecule has 0 amide bonds. The molecule has 0 aliphatic rings. The van der Waals surface area contributed by atoms with E-state index in [1.807, 2.05) is 0 Å². The Hall–Kier alpha value is -1.13. The Bertz CT molecular complexity index is 377. The number of phenolic OH excluding ortho intramolecular Hbond substituents is 1. The lowest BCUT2D eigenvalue weighted by molar-refractivity contribution is 0.0779. The summed E-state index contributed by atoms with van der Waals surface area (Å²) in [4.78, 5) is 11.2. The molecule has 0 fully saturated rings. The Labute approximate surface area is 84.7 Å². The van der Waals surface area contributed by atoms with Gasteiger partial charge in [0, 0.05) is 5.56 Å². The number of Topliss-reactive ketones (excluding diaryl/α,β-unsaturated/α-hetero) is 1. The zero-order chi connectivity index (χ0) is 10.9. The van der Waals surface area contributed by atoms with E-state index in [9.17, 15) is 9.18 Å². The van der Waals surface area contributed by atoms with Crippen LogP contribution in [0.3, 0.4) is 0 Å². The van der Waals surface area contributed by atoms with Crippen molar-refractivity contribution in [3.8, 4) is 5.75 Å². The Morgan fingerprint density at radius 3 is 2.64 bits per heavy atom. The molecule has 1 aromatic rings. The first-order valence-corrected chi connectivity index (χ1v) is 4.22. The minimum Gasteiger partial charge on any atom is -0.505 e. The van der Waals surface area contributed by atoms with Gasteiger partial charge in [-0.3, -0.25) is 4.79 Å². The Morgan fingerprint density at radius 1 is 1.57 bits per heavy atom. The fourth-order valence-electron chi connectivity index (χ4n) is 0.955. The molecule has 0 heterocycles.